The van der Waals surface area contributed by atoms with Crippen LogP contribution in [-0.4, -0.2) is 44.1 Å². The Kier molecular flexibility index (Phi) is 6.99. The van der Waals surface area contributed by atoms with Gasteiger partial charge in [-0.2, -0.15) is 0 Å². The molecule has 1 atom stereocenters. The fourth-order valence-electron chi connectivity index (χ4n) is 2.66. The standard InChI is InChI=1S/C18H27N5O3/c1-11-8-12(2)22-18(21-11)23-17(19)20-7-6-14-15(25-4)9-13(24-3)10-16(14)26-5/h8-10,17,20H,6-7,19H2,1-5H3,(H,21,22,23). The quantitative estimate of drug-likeness (QED) is 0.579. The zero-order valence-corrected chi connectivity index (χ0v) is 15.9. The molecule has 8 nitrogen and oxygen atoms in total. The van der Waals surface area contributed by atoms with Crippen molar-refractivity contribution in [1.82, 2.24) is 15.3 Å². The molecule has 0 radical (unpaired) electrons. The smallest absolute Gasteiger partial charge is 0.225 e. The van der Waals surface area contributed by atoms with Crippen LogP contribution in [0.1, 0.15) is 17.0 Å². The van der Waals surface area contributed by atoms with Gasteiger partial charge >= 0.3 is 0 Å². The molecular weight excluding hydrogens is 334 g/mol. The Labute approximate surface area is 154 Å². The minimum absolute atomic E-state index is 0.480. The van der Waals surface area contributed by atoms with Crippen LogP contribution in [0.15, 0.2) is 18.2 Å². The maximum atomic E-state index is 6.07. The molecule has 4 N–H and O–H groups in total. The summed E-state index contributed by atoms with van der Waals surface area (Å²) in [4.78, 5) is 8.64. The summed E-state index contributed by atoms with van der Waals surface area (Å²) in [5.74, 6) is 2.60. The number of aromatic nitrogens is 2. The SMILES string of the molecule is COc1cc(OC)c(CCNC(N)Nc2nc(C)cc(C)n2)c(OC)c1. The molecule has 0 aliphatic rings. The second kappa shape index (κ2) is 9.21. The Morgan fingerprint density at radius 1 is 0.962 bits per heavy atom. The molecule has 1 unspecified atom stereocenters. The van der Waals surface area contributed by atoms with Gasteiger partial charge in [-0.05, 0) is 26.3 Å². The van der Waals surface area contributed by atoms with Crippen molar-refractivity contribution in [2.45, 2.75) is 26.6 Å². The van der Waals surface area contributed by atoms with Crippen LogP contribution in [0, 0.1) is 13.8 Å². The summed E-state index contributed by atoms with van der Waals surface area (Å²) in [5, 5.41) is 6.24. The Morgan fingerprint density at radius 3 is 2.04 bits per heavy atom. The minimum atomic E-state index is -0.480. The minimum Gasteiger partial charge on any atom is -0.496 e. The van der Waals surface area contributed by atoms with E-state index in [1.807, 2.05) is 32.0 Å². The monoisotopic (exact) mass is 361 g/mol. The lowest BCUT2D eigenvalue weighted by Gasteiger charge is -2.18. The zero-order chi connectivity index (χ0) is 19.1. The Morgan fingerprint density at radius 2 is 1.54 bits per heavy atom. The third-order valence-electron chi connectivity index (χ3n) is 3.82. The van der Waals surface area contributed by atoms with Gasteiger partial charge in [-0.3, -0.25) is 11.1 Å². The van der Waals surface area contributed by atoms with E-state index in [1.165, 1.54) is 0 Å². The van der Waals surface area contributed by atoms with Gasteiger partial charge in [0.2, 0.25) is 5.95 Å². The van der Waals surface area contributed by atoms with E-state index in [0.29, 0.717) is 36.2 Å². The number of nitrogens with one attached hydrogen (secondary N) is 2. The van der Waals surface area contributed by atoms with Gasteiger partial charge < -0.3 is 19.5 Å². The maximum Gasteiger partial charge on any atom is 0.225 e. The number of nitrogens with two attached hydrogens (primary N) is 1. The lowest BCUT2D eigenvalue weighted by molar-refractivity contribution is 0.368. The molecule has 2 aromatic rings. The van der Waals surface area contributed by atoms with Crippen LogP contribution in [0.2, 0.25) is 0 Å². The van der Waals surface area contributed by atoms with Gasteiger partial charge in [0, 0.05) is 35.6 Å². The fourth-order valence-corrected chi connectivity index (χ4v) is 2.66. The maximum absolute atomic E-state index is 6.07. The van der Waals surface area contributed by atoms with Crippen LogP contribution in [0.3, 0.4) is 0 Å². The third kappa shape index (κ3) is 5.21. The number of rotatable bonds is 9. The van der Waals surface area contributed by atoms with E-state index >= 15 is 0 Å². The first-order chi connectivity index (χ1) is 12.5. The molecule has 1 aromatic carbocycles. The van der Waals surface area contributed by atoms with E-state index in [4.69, 9.17) is 19.9 Å². The summed E-state index contributed by atoms with van der Waals surface area (Å²) in [6.45, 7) is 4.44. The van der Waals surface area contributed by atoms with Crippen molar-refractivity contribution in [1.29, 1.82) is 0 Å². The summed E-state index contributed by atoms with van der Waals surface area (Å²) in [6, 6.07) is 5.57. The predicted molar refractivity (Wildman–Crippen MR) is 101 cm³/mol. The fraction of sp³-hybridized carbons (Fsp3) is 0.444. The normalized spacial score (nSPS) is 11.8. The molecule has 0 aliphatic carbocycles. The summed E-state index contributed by atoms with van der Waals surface area (Å²) < 4.78 is 16.2. The highest BCUT2D eigenvalue weighted by Crippen LogP contribution is 2.34. The Balaban J connectivity index is 1.98. The van der Waals surface area contributed by atoms with Crippen LogP contribution in [-0.2, 0) is 6.42 Å². The molecule has 26 heavy (non-hydrogen) atoms. The average molecular weight is 361 g/mol. The van der Waals surface area contributed by atoms with Gasteiger partial charge in [0.25, 0.3) is 0 Å². The summed E-state index contributed by atoms with van der Waals surface area (Å²) in [5.41, 5.74) is 8.79. The molecule has 0 amide bonds. The zero-order valence-electron chi connectivity index (χ0n) is 15.9. The van der Waals surface area contributed by atoms with E-state index in [9.17, 15) is 0 Å². The number of anilines is 1. The van der Waals surface area contributed by atoms with Gasteiger partial charge in [0.05, 0.1) is 21.3 Å². The van der Waals surface area contributed by atoms with Crippen molar-refractivity contribution in [3.05, 3.63) is 35.2 Å². The van der Waals surface area contributed by atoms with Crippen molar-refractivity contribution in [3.8, 4) is 17.2 Å². The van der Waals surface area contributed by atoms with Gasteiger partial charge in [0.1, 0.15) is 23.5 Å². The van der Waals surface area contributed by atoms with Gasteiger partial charge in [-0.25, -0.2) is 9.97 Å². The van der Waals surface area contributed by atoms with Gasteiger partial charge in [-0.1, -0.05) is 0 Å². The molecule has 0 saturated carbocycles. The highest BCUT2D eigenvalue weighted by atomic mass is 16.5. The van der Waals surface area contributed by atoms with E-state index in [2.05, 4.69) is 20.6 Å². The molecular formula is C18H27N5O3. The first-order valence-electron chi connectivity index (χ1n) is 8.33. The highest BCUT2D eigenvalue weighted by Gasteiger charge is 2.13. The average Bonchev–Trinajstić information content (AvgIpc) is 2.60. The molecule has 0 bridgehead atoms. The lowest BCUT2D eigenvalue weighted by atomic mass is 10.1. The number of methoxy groups -OCH3 is 3. The number of aryl methyl sites for hydroxylation is 2. The van der Waals surface area contributed by atoms with Crippen LogP contribution >= 0.6 is 0 Å². The van der Waals surface area contributed by atoms with Crippen LogP contribution in [0.5, 0.6) is 17.2 Å². The van der Waals surface area contributed by atoms with Crippen LogP contribution < -0.4 is 30.6 Å². The highest BCUT2D eigenvalue weighted by molar-refractivity contribution is 5.50. The molecule has 8 heteroatoms. The third-order valence-corrected chi connectivity index (χ3v) is 3.82. The molecule has 0 saturated heterocycles. The lowest BCUT2D eigenvalue weighted by Crippen LogP contribution is -2.45. The molecule has 1 heterocycles. The molecule has 0 aliphatic heterocycles. The van der Waals surface area contributed by atoms with Crippen molar-refractivity contribution in [3.63, 3.8) is 0 Å². The summed E-state index contributed by atoms with van der Waals surface area (Å²) >= 11 is 0. The van der Waals surface area contributed by atoms with E-state index in [1.54, 1.807) is 21.3 Å². The number of benzene rings is 1. The number of nitrogens with zero attached hydrogens (tertiary/aromatic N) is 2. The number of hydrogen-bond acceptors (Lipinski definition) is 8. The van der Waals surface area contributed by atoms with E-state index < -0.39 is 6.29 Å². The van der Waals surface area contributed by atoms with Crippen LogP contribution in [0.25, 0.3) is 0 Å². The molecule has 142 valence electrons. The second-order valence-electron chi connectivity index (χ2n) is 5.81. The molecule has 0 spiro atoms. The number of hydrogen-bond donors (Lipinski definition) is 3. The van der Waals surface area contributed by atoms with Crippen molar-refractivity contribution >= 4 is 5.95 Å². The van der Waals surface area contributed by atoms with E-state index in [-0.39, 0.29) is 0 Å². The van der Waals surface area contributed by atoms with Gasteiger partial charge in [-0.15, -0.1) is 0 Å². The molecule has 2 rings (SSSR count). The van der Waals surface area contributed by atoms with Crippen molar-refractivity contribution < 1.29 is 14.2 Å². The first-order valence-corrected chi connectivity index (χ1v) is 8.33. The predicted octanol–water partition coefficient (Wildman–Crippen LogP) is 1.61. The topological polar surface area (TPSA) is 104 Å². The second-order valence-corrected chi connectivity index (χ2v) is 5.81. The van der Waals surface area contributed by atoms with Crippen molar-refractivity contribution in [2.24, 2.45) is 5.73 Å². The Hall–Kier alpha value is -2.58. The van der Waals surface area contributed by atoms with Crippen molar-refractivity contribution in [2.75, 3.05) is 33.2 Å². The molecule has 0 fully saturated rings. The van der Waals surface area contributed by atoms with Gasteiger partial charge in [0.15, 0.2) is 0 Å². The number of ether oxygens (including phenoxy) is 3. The first kappa shape index (κ1) is 19.7. The molecule has 1 aromatic heterocycles. The summed E-state index contributed by atoms with van der Waals surface area (Å²) in [6.07, 6.45) is 0.186. The summed E-state index contributed by atoms with van der Waals surface area (Å²) in [7, 11) is 4.85. The van der Waals surface area contributed by atoms with Crippen LogP contribution in [0.4, 0.5) is 5.95 Å². The largest absolute Gasteiger partial charge is 0.496 e. The Bertz CT molecular complexity index is 694. The van der Waals surface area contributed by atoms with E-state index in [0.717, 1.165) is 17.0 Å².